The molecule has 186 valence electrons. The Morgan fingerprint density at radius 1 is 0.921 bits per heavy atom. The lowest BCUT2D eigenvalue weighted by molar-refractivity contribution is 0.945. The minimum Gasteiger partial charge on any atom is -0.305 e. The number of pyridine rings is 3. The third-order valence-electron chi connectivity index (χ3n) is 6.07. The third-order valence-corrected chi connectivity index (χ3v) is 7.13. The Balaban J connectivity index is 1.44. The molecule has 0 fully saturated rings. The number of halogens is 1. The van der Waals surface area contributed by atoms with Gasteiger partial charge in [-0.2, -0.15) is 0 Å². The van der Waals surface area contributed by atoms with Crippen LogP contribution in [0.5, 0.6) is 0 Å². The van der Waals surface area contributed by atoms with Crippen LogP contribution < -0.4 is 10.3 Å². The van der Waals surface area contributed by atoms with Crippen molar-refractivity contribution < 1.29 is 0 Å². The molecule has 0 atom stereocenters. The highest BCUT2D eigenvalue weighted by atomic mass is 35.5. The molecule has 0 aliphatic heterocycles. The van der Waals surface area contributed by atoms with E-state index in [-0.39, 0.29) is 5.56 Å². The van der Waals surface area contributed by atoms with Crippen molar-refractivity contribution in [3.63, 3.8) is 0 Å². The van der Waals surface area contributed by atoms with Crippen molar-refractivity contribution in [1.29, 1.82) is 0 Å². The molecule has 7 nitrogen and oxygen atoms in total. The first-order valence-electron chi connectivity index (χ1n) is 11.9. The molecule has 0 unspecified atom stereocenters. The van der Waals surface area contributed by atoms with Gasteiger partial charge in [-0.15, -0.1) is 0 Å². The summed E-state index contributed by atoms with van der Waals surface area (Å²) < 4.78 is 3.24. The monoisotopic (exact) mass is 536 g/mol. The minimum absolute atomic E-state index is 0.214. The van der Waals surface area contributed by atoms with E-state index in [1.54, 1.807) is 18.5 Å². The van der Waals surface area contributed by atoms with E-state index in [4.69, 9.17) is 21.6 Å². The SMILES string of the molecule is Cc1ccc(SNCc2cc3nc(-c4cc(Cl)c5ncccc5c4)c(-c4ccccc4)nc3[nH]c2=O)cn1. The molecular weight excluding hydrogens is 516 g/mol. The number of aryl methyl sites for hydroxylation is 1. The molecule has 38 heavy (non-hydrogen) atoms. The zero-order valence-electron chi connectivity index (χ0n) is 20.3. The van der Waals surface area contributed by atoms with Gasteiger partial charge in [-0.3, -0.25) is 19.5 Å². The van der Waals surface area contributed by atoms with Gasteiger partial charge in [0.15, 0.2) is 5.65 Å². The molecule has 0 aliphatic carbocycles. The summed E-state index contributed by atoms with van der Waals surface area (Å²) in [4.78, 5) is 35.3. The zero-order valence-corrected chi connectivity index (χ0v) is 21.8. The lowest BCUT2D eigenvalue weighted by Gasteiger charge is -2.12. The van der Waals surface area contributed by atoms with Crippen LogP contribution in [0, 0.1) is 6.92 Å². The van der Waals surface area contributed by atoms with Crippen molar-refractivity contribution in [2.45, 2.75) is 18.4 Å². The molecule has 0 saturated heterocycles. The standard InChI is InChI=1S/C29H21ClN6OS/c1-17-9-10-22(16-32-17)38-33-15-21-14-24-28(36-29(21)37)35-26(18-6-3-2-4-7-18)27(34-24)20-12-19-8-5-11-31-25(19)23(30)13-20/h2-14,16,33H,15H2,1H3,(H,35,36,37). The van der Waals surface area contributed by atoms with Crippen molar-refractivity contribution in [3.8, 4) is 22.5 Å². The van der Waals surface area contributed by atoms with Crippen LogP contribution >= 0.6 is 23.5 Å². The molecular formula is C29H21ClN6OS. The van der Waals surface area contributed by atoms with Crippen LogP contribution in [-0.4, -0.2) is 24.9 Å². The second kappa shape index (κ2) is 10.3. The molecule has 4 heterocycles. The van der Waals surface area contributed by atoms with E-state index in [0.29, 0.717) is 39.7 Å². The van der Waals surface area contributed by atoms with E-state index < -0.39 is 0 Å². The van der Waals surface area contributed by atoms with Gasteiger partial charge in [0.05, 0.1) is 21.9 Å². The van der Waals surface area contributed by atoms with Crippen LogP contribution in [0.1, 0.15) is 11.3 Å². The van der Waals surface area contributed by atoms with E-state index in [1.807, 2.05) is 73.7 Å². The number of nitrogens with one attached hydrogen (secondary N) is 2. The normalized spacial score (nSPS) is 11.3. The van der Waals surface area contributed by atoms with Gasteiger partial charge in [-0.05, 0) is 55.3 Å². The maximum atomic E-state index is 12.9. The van der Waals surface area contributed by atoms with Gasteiger partial charge >= 0.3 is 0 Å². The first kappa shape index (κ1) is 24.2. The maximum absolute atomic E-state index is 12.9. The molecule has 0 spiro atoms. The van der Waals surface area contributed by atoms with Crippen LogP contribution in [0.2, 0.25) is 5.02 Å². The number of nitrogens with zero attached hydrogens (tertiary/aromatic N) is 4. The third kappa shape index (κ3) is 4.89. The van der Waals surface area contributed by atoms with Gasteiger partial charge < -0.3 is 4.98 Å². The summed E-state index contributed by atoms with van der Waals surface area (Å²) in [6.45, 7) is 2.28. The summed E-state index contributed by atoms with van der Waals surface area (Å²) in [6.07, 6.45) is 3.52. The van der Waals surface area contributed by atoms with E-state index in [2.05, 4.69) is 19.7 Å². The van der Waals surface area contributed by atoms with Gasteiger partial charge in [0.2, 0.25) is 0 Å². The second-order valence-corrected chi connectivity index (χ2v) is 10.1. The van der Waals surface area contributed by atoms with Gasteiger partial charge in [-0.25, -0.2) is 9.97 Å². The molecule has 0 radical (unpaired) electrons. The highest BCUT2D eigenvalue weighted by molar-refractivity contribution is 7.97. The van der Waals surface area contributed by atoms with Crippen LogP contribution in [0.4, 0.5) is 0 Å². The Kier molecular flexibility index (Phi) is 6.59. The summed E-state index contributed by atoms with van der Waals surface area (Å²) in [5.41, 5.74) is 6.05. The number of aromatic nitrogens is 5. The van der Waals surface area contributed by atoms with Crippen LogP contribution in [-0.2, 0) is 6.54 Å². The van der Waals surface area contributed by atoms with Crippen molar-refractivity contribution in [2.24, 2.45) is 0 Å². The average Bonchev–Trinajstić information content (AvgIpc) is 2.94. The van der Waals surface area contributed by atoms with Gasteiger partial charge in [-0.1, -0.05) is 48.0 Å². The fraction of sp³-hybridized carbons (Fsp3) is 0.0690. The molecule has 6 rings (SSSR count). The lowest BCUT2D eigenvalue weighted by atomic mass is 10.0. The number of benzene rings is 2. The number of fused-ring (bicyclic) bond motifs is 2. The van der Waals surface area contributed by atoms with Crippen molar-refractivity contribution in [1.82, 2.24) is 29.6 Å². The molecule has 2 aromatic carbocycles. The number of hydrogen-bond donors (Lipinski definition) is 2. The molecule has 2 N–H and O–H groups in total. The van der Waals surface area contributed by atoms with Gasteiger partial charge in [0, 0.05) is 51.6 Å². The number of rotatable bonds is 6. The highest BCUT2D eigenvalue weighted by Gasteiger charge is 2.17. The molecule has 9 heteroatoms. The van der Waals surface area contributed by atoms with E-state index in [9.17, 15) is 4.79 Å². The topological polar surface area (TPSA) is 96.5 Å². The Bertz CT molecular complexity index is 1840. The van der Waals surface area contributed by atoms with Crippen LogP contribution in [0.3, 0.4) is 0 Å². The van der Waals surface area contributed by atoms with Crippen molar-refractivity contribution in [2.75, 3.05) is 0 Å². The summed E-state index contributed by atoms with van der Waals surface area (Å²) in [5.74, 6) is 0. The first-order chi connectivity index (χ1) is 18.5. The van der Waals surface area contributed by atoms with Crippen molar-refractivity contribution >= 4 is 45.6 Å². The first-order valence-corrected chi connectivity index (χ1v) is 13.1. The molecule has 0 bridgehead atoms. The number of aromatic amines is 1. The fourth-order valence-electron chi connectivity index (χ4n) is 4.19. The highest BCUT2D eigenvalue weighted by Crippen LogP contribution is 2.34. The van der Waals surface area contributed by atoms with Gasteiger partial charge in [0.1, 0.15) is 5.52 Å². The molecule has 0 saturated carbocycles. The molecule has 0 amide bonds. The Labute approximate surface area is 227 Å². The minimum atomic E-state index is -0.214. The Morgan fingerprint density at radius 2 is 1.76 bits per heavy atom. The Morgan fingerprint density at radius 3 is 2.58 bits per heavy atom. The zero-order chi connectivity index (χ0) is 26.1. The van der Waals surface area contributed by atoms with E-state index in [0.717, 1.165) is 32.6 Å². The Hall–Kier alpha value is -4.11. The fourth-order valence-corrected chi connectivity index (χ4v) is 5.10. The summed E-state index contributed by atoms with van der Waals surface area (Å²) in [5, 5.41) is 1.44. The van der Waals surface area contributed by atoms with Gasteiger partial charge in [0.25, 0.3) is 5.56 Å². The lowest BCUT2D eigenvalue weighted by Crippen LogP contribution is -2.18. The largest absolute Gasteiger partial charge is 0.305 e. The predicted octanol–water partition coefficient (Wildman–Crippen LogP) is 6.35. The maximum Gasteiger partial charge on any atom is 0.254 e. The van der Waals surface area contributed by atoms with Crippen molar-refractivity contribution in [3.05, 3.63) is 112 Å². The molecule has 0 aliphatic rings. The van der Waals surface area contributed by atoms with Crippen LogP contribution in [0.15, 0.2) is 94.9 Å². The summed E-state index contributed by atoms with van der Waals surface area (Å²) in [6, 6.07) is 23.2. The number of hydrogen-bond acceptors (Lipinski definition) is 7. The summed E-state index contributed by atoms with van der Waals surface area (Å²) >= 11 is 8.04. The van der Waals surface area contributed by atoms with E-state index >= 15 is 0 Å². The molecule has 6 aromatic rings. The quantitative estimate of drug-likeness (QED) is 0.239. The second-order valence-electron chi connectivity index (χ2n) is 8.74. The summed E-state index contributed by atoms with van der Waals surface area (Å²) in [7, 11) is 0. The average molecular weight is 537 g/mol. The van der Waals surface area contributed by atoms with Crippen LogP contribution in [0.25, 0.3) is 44.6 Å². The molecule has 4 aromatic heterocycles. The van der Waals surface area contributed by atoms with E-state index in [1.165, 1.54) is 11.9 Å². The number of H-pyrrole nitrogens is 1. The smallest absolute Gasteiger partial charge is 0.254 e. The predicted molar refractivity (Wildman–Crippen MR) is 153 cm³/mol.